The first kappa shape index (κ1) is 54.6. The summed E-state index contributed by atoms with van der Waals surface area (Å²) in [6.45, 7) is 14.5. The zero-order valence-electron chi connectivity index (χ0n) is 41.4. The second-order valence-corrected chi connectivity index (χ2v) is 30.3. The molecule has 394 valence electrons. The van der Waals surface area contributed by atoms with Crippen LogP contribution in [0.3, 0.4) is 0 Å². The summed E-state index contributed by atoms with van der Waals surface area (Å²) in [7, 11) is -13.8. The molecule has 0 radical (unpaired) electrons. The van der Waals surface area contributed by atoms with E-state index < -0.39 is 113 Å². The molecular weight excluding hydrogens is 1030 g/mol. The molecule has 23 nitrogen and oxygen atoms in total. The Labute approximate surface area is 421 Å². The highest BCUT2D eigenvalue weighted by Gasteiger charge is 2.63. The number of anilines is 1. The number of nitrogens with zero attached hydrogens (tertiary/aromatic N) is 8. The van der Waals surface area contributed by atoms with Crippen molar-refractivity contribution in [2.45, 2.75) is 133 Å². The van der Waals surface area contributed by atoms with E-state index in [1.807, 2.05) is 61.5 Å². The number of nitriles is 1. The number of ether oxygens (including phenoxy) is 2. The van der Waals surface area contributed by atoms with Crippen LogP contribution in [0.25, 0.3) is 22.2 Å². The van der Waals surface area contributed by atoms with Gasteiger partial charge < -0.3 is 36.9 Å². The molecule has 3 aliphatic rings. The molecule has 3 saturated heterocycles. The van der Waals surface area contributed by atoms with Gasteiger partial charge in [0, 0.05) is 23.4 Å². The van der Waals surface area contributed by atoms with Gasteiger partial charge >= 0.3 is 33.2 Å². The molecule has 1 aromatic carbocycles. The molecule has 7 heterocycles. The molecule has 5 aromatic rings. The number of nitrogens with one attached hydrogen (secondary N) is 1. The van der Waals surface area contributed by atoms with E-state index in [9.17, 15) is 24.3 Å². The van der Waals surface area contributed by atoms with Crippen molar-refractivity contribution in [2.24, 2.45) is 7.05 Å². The summed E-state index contributed by atoms with van der Waals surface area (Å²) in [5.41, 5.74) is -1.05. The molecule has 4 aromatic heterocycles. The number of carbonyl (C=O) groups is 1. The minimum atomic E-state index is -5.09. The number of phosphoric acid groups is 1. The molecule has 8 rings (SSSR count). The Bertz CT molecular complexity index is 2970. The summed E-state index contributed by atoms with van der Waals surface area (Å²) >= 11 is 0. The number of fused-ring (bicyclic) bond motifs is 3. The first-order chi connectivity index (χ1) is 34.6. The molecule has 0 spiro atoms. The van der Waals surface area contributed by atoms with Crippen LogP contribution in [-0.2, 0) is 56.7 Å². The topological polar surface area (TPSA) is 274 Å². The molecule has 3 aliphatic heterocycles. The maximum absolute atomic E-state index is 16.7. The third kappa shape index (κ3) is 10.5. The number of aromatic nitrogens is 7. The Morgan fingerprint density at radius 1 is 0.959 bits per heavy atom. The fourth-order valence-electron chi connectivity index (χ4n) is 9.63. The standard InChI is InChI=1S/C44H57F2N9O14P2Si2/c1-24(2)72(25(3)4)63-20-31-36(68-73(69-72,26(5)6)27(7)8)37(44(65-31)54-18-29(45)32-39(54)51-22-53(9)42(32)57)67-71(60,61-17-13-16-47)62-19-30-35(66-70(58)59)33(46)43(64-30)55-23-50-34-38(48-21-49-40(34)55)52-41(56)28-14-11-10-12-15-28/h10-12,14-15,18,21-27,30-31,33,35-37,43-44H,13,17,19-20H2,1-9H3,(H-,48,49,52,56,58,59)/p+1/t30-,31-,33-,35-,36-,37-,43-,44-,71?/m1/s1. The Balaban J connectivity index is 1.16. The Morgan fingerprint density at radius 3 is 2.32 bits per heavy atom. The summed E-state index contributed by atoms with van der Waals surface area (Å²) in [4.78, 5) is 53.4. The van der Waals surface area contributed by atoms with Gasteiger partial charge in [-0.25, -0.2) is 33.3 Å². The lowest BCUT2D eigenvalue weighted by Gasteiger charge is -2.51. The van der Waals surface area contributed by atoms with Crippen LogP contribution >= 0.6 is 16.1 Å². The number of rotatable bonds is 18. The molecule has 73 heavy (non-hydrogen) atoms. The van der Waals surface area contributed by atoms with Crippen molar-refractivity contribution in [1.29, 1.82) is 5.26 Å². The molecule has 0 saturated carbocycles. The van der Waals surface area contributed by atoms with Gasteiger partial charge in [-0.1, -0.05) is 73.6 Å². The average Bonchev–Trinajstić information content (AvgIpc) is 4.09. The number of halogens is 2. The maximum Gasteiger partial charge on any atom is 0.695 e. The molecule has 0 aliphatic carbocycles. The summed E-state index contributed by atoms with van der Waals surface area (Å²) in [6.07, 6.45) is -8.50. The molecule has 3 fully saturated rings. The SMILES string of the molecule is CC(C)[Si]1(C(C)C)OC[C@H]2O[C@@H](n3cc(F)c4c(=O)n(C)cnc43)[C@H](OP(=O)(OCCC#N)OC[C@H]3O[C@@H](n4cnc5c(NC(=O)c6ccccc6)ncnc54)[C@H](F)[C@@H]3O[P+](=O)O)[C@@H]2O[Si](C(C)C)(C(C)C)O1. The van der Waals surface area contributed by atoms with Crippen LogP contribution < -0.4 is 10.9 Å². The summed E-state index contributed by atoms with van der Waals surface area (Å²) in [5.74, 6) is -1.46. The van der Waals surface area contributed by atoms with Crippen molar-refractivity contribution in [2.75, 3.05) is 25.1 Å². The van der Waals surface area contributed by atoms with Crippen LogP contribution in [0.5, 0.6) is 0 Å². The van der Waals surface area contributed by atoms with Crippen LogP contribution in [0.4, 0.5) is 14.6 Å². The molecule has 0 bridgehead atoms. The molecule has 10 atom stereocenters. The first-order valence-electron chi connectivity index (χ1n) is 23.6. The number of benzene rings is 1. The number of carbonyl (C=O) groups excluding carboxylic acids is 1. The smallest absolute Gasteiger partial charge is 0.414 e. The monoisotopic (exact) mass is 1090 g/mol. The van der Waals surface area contributed by atoms with E-state index in [1.165, 1.54) is 17.9 Å². The minimum absolute atomic E-state index is 0.00650. The molecule has 1 amide bonds. The predicted molar refractivity (Wildman–Crippen MR) is 260 cm³/mol. The lowest BCUT2D eigenvalue weighted by atomic mass is 10.1. The first-order valence-corrected chi connectivity index (χ1v) is 30.2. The average molecular weight is 1090 g/mol. The number of imidazole rings is 1. The van der Waals surface area contributed by atoms with Crippen molar-refractivity contribution < 1.29 is 68.1 Å². The van der Waals surface area contributed by atoms with E-state index >= 15 is 13.3 Å². The summed E-state index contributed by atoms with van der Waals surface area (Å²) in [6, 6.07) is 10.2. The van der Waals surface area contributed by atoms with E-state index in [1.54, 1.807) is 30.3 Å². The van der Waals surface area contributed by atoms with Crippen molar-refractivity contribution in [3.63, 3.8) is 0 Å². The van der Waals surface area contributed by atoms with Gasteiger partial charge in [0.2, 0.25) is 0 Å². The Hall–Kier alpha value is -4.63. The fraction of sp³-hybridized carbons (Fsp3) is 0.568. The normalized spacial score (nSPS) is 26.0. The zero-order chi connectivity index (χ0) is 52.7. The van der Waals surface area contributed by atoms with E-state index in [-0.39, 0.29) is 63.2 Å². The van der Waals surface area contributed by atoms with Gasteiger partial charge in [-0.15, -0.1) is 9.42 Å². The second-order valence-electron chi connectivity index (χ2n) is 19.1. The fourth-order valence-corrected chi connectivity index (χ4v) is 22.7. The van der Waals surface area contributed by atoms with Crippen molar-refractivity contribution in [3.05, 3.63) is 77.2 Å². The van der Waals surface area contributed by atoms with Gasteiger partial charge in [0.1, 0.15) is 36.1 Å². The lowest BCUT2D eigenvalue weighted by Crippen LogP contribution is -2.65. The highest BCUT2D eigenvalue weighted by molar-refractivity contribution is 7.48. The molecular formula is C44H58F2N9O14P2Si2+. The van der Waals surface area contributed by atoms with Crippen molar-refractivity contribution >= 4 is 67.1 Å². The molecule has 2 unspecified atom stereocenters. The Morgan fingerprint density at radius 2 is 1.66 bits per heavy atom. The van der Waals surface area contributed by atoms with Crippen LogP contribution in [0.1, 0.15) is 84.6 Å². The second kappa shape index (κ2) is 21.9. The lowest BCUT2D eigenvalue weighted by molar-refractivity contribution is -0.0618. The van der Waals surface area contributed by atoms with E-state index in [2.05, 4.69) is 25.3 Å². The quantitative estimate of drug-likeness (QED) is 0.0487. The Kier molecular flexibility index (Phi) is 16.4. The molecule has 2 N–H and O–H groups in total. The van der Waals surface area contributed by atoms with Gasteiger partial charge in [-0.2, -0.15) is 5.26 Å². The van der Waals surface area contributed by atoms with Crippen molar-refractivity contribution in [1.82, 2.24) is 33.6 Å². The van der Waals surface area contributed by atoms with Crippen LogP contribution in [0.2, 0.25) is 22.2 Å². The van der Waals surface area contributed by atoms with Crippen LogP contribution in [0, 0.1) is 17.1 Å². The van der Waals surface area contributed by atoms with Crippen LogP contribution in [-0.4, -0.2) is 118 Å². The van der Waals surface area contributed by atoms with Crippen molar-refractivity contribution in [3.8, 4) is 6.07 Å². The van der Waals surface area contributed by atoms with E-state index in [4.69, 9.17) is 40.5 Å². The number of amides is 1. The molecule has 29 heteroatoms. The highest BCUT2D eigenvalue weighted by Crippen LogP contribution is 2.57. The number of hydrogen-bond donors (Lipinski definition) is 2. The predicted octanol–water partition coefficient (Wildman–Crippen LogP) is 7.53. The highest BCUT2D eigenvalue weighted by atomic mass is 31.2. The van der Waals surface area contributed by atoms with Crippen LogP contribution in [0.15, 0.2) is 60.3 Å². The number of hydrogen-bond acceptors (Lipinski definition) is 18. The minimum Gasteiger partial charge on any atom is -0.414 e. The maximum atomic E-state index is 16.7. The van der Waals surface area contributed by atoms with Gasteiger partial charge in [-0.3, -0.25) is 27.7 Å². The van der Waals surface area contributed by atoms with Gasteiger partial charge in [0.25, 0.3) is 11.5 Å². The zero-order valence-corrected chi connectivity index (χ0v) is 45.2. The van der Waals surface area contributed by atoms with Gasteiger partial charge in [0.15, 0.2) is 53.2 Å². The number of phosphoric ester groups is 1. The third-order valence-electron chi connectivity index (χ3n) is 13.2. The largest absolute Gasteiger partial charge is 0.695 e. The number of aryl methyl sites for hydroxylation is 1. The third-order valence-corrected chi connectivity index (χ3v) is 25.4. The van der Waals surface area contributed by atoms with E-state index in [0.717, 1.165) is 28.0 Å². The van der Waals surface area contributed by atoms with E-state index in [0.29, 0.717) is 5.56 Å². The summed E-state index contributed by atoms with van der Waals surface area (Å²) in [5, 5.41) is 11.8. The number of alkyl halides is 1. The van der Waals surface area contributed by atoms with Gasteiger partial charge in [-0.05, 0) is 34.3 Å². The summed E-state index contributed by atoms with van der Waals surface area (Å²) < 4.78 is 122. The van der Waals surface area contributed by atoms with Gasteiger partial charge in [0.05, 0.1) is 45.0 Å².